The SMILES string of the molecule is Cc1nc2c(nc1C(F)(F)F)NC(=O)C1CNCCN21. The molecule has 2 aliphatic heterocycles. The second-order valence-electron chi connectivity index (χ2n) is 4.73. The highest BCUT2D eigenvalue weighted by molar-refractivity contribution is 6.02. The van der Waals surface area contributed by atoms with E-state index in [9.17, 15) is 18.0 Å². The third-order valence-electron chi connectivity index (χ3n) is 3.38. The number of nitrogens with one attached hydrogen (secondary N) is 2. The Balaban J connectivity index is 2.09. The van der Waals surface area contributed by atoms with Gasteiger partial charge in [0.05, 0.1) is 5.69 Å². The highest BCUT2D eigenvalue weighted by atomic mass is 19.4. The molecule has 1 fully saturated rings. The first kappa shape index (κ1) is 13.1. The number of nitrogens with zero attached hydrogens (tertiary/aromatic N) is 3. The number of halogens is 3. The third-order valence-corrected chi connectivity index (χ3v) is 3.38. The number of carbonyl (C=O) groups is 1. The Morgan fingerprint density at radius 1 is 1.35 bits per heavy atom. The monoisotopic (exact) mass is 287 g/mol. The maximum atomic E-state index is 12.8. The van der Waals surface area contributed by atoms with Crippen LogP contribution in [-0.4, -0.2) is 41.6 Å². The Morgan fingerprint density at radius 3 is 2.80 bits per heavy atom. The zero-order chi connectivity index (χ0) is 14.5. The molecule has 0 saturated carbocycles. The van der Waals surface area contributed by atoms with Crippen molar-refractivity contribution in [1.29, 1.82) is 0 Å². The van der Waals surface area contributed by atoms with Crippen LogP contribution < -0.4 is 15.5 Å². The Labute approximate surface area is 112 Å². The molecule has 108 valence electrons. The lowest BCUT2D eigenvalue weighted by atomic mass is 10.1. The summed E-state index contributed by atoms with van der Waals surface area (Å²) in [6, 6.07) is -0.457. The van der Waals surface area contributed by atoms with Crippen molar-refractivity contribution < 1.29 is 18.0 Å². The highest BCUT2D eigenvalue weighted by Crippen LogP contribution is 2.35. The standard InChI is InChI=1S/C11H12F3N5O/c1-5-7(11(12,13)14)17-8-9(16-5)19-3-2-15-4-6(19)10(20)18-8/h6,15H,2-4H2,1H3,(H,17,18,20). The quantitative estimate of drug-likeness (QED) is 0.728. The first-order chi connectivity index (χ1) is 9.38. The molecule has 3 heterocycles. The first-order valence-corrected chi connectivity index (χ1v) is 6.12. The van der Waals surface area contributed by atoms with Crippen molar-refractivity contribution in [1.82, 2.24) is 15.3 Å². The summed E-state index contributed by atoms with van der Waals surface area (Å²) in [5.74, 6) is -0.177. The van der Waals surface area contributed by atoms with Crippen molar-refractivity contribution in [3.8, 4) is 0 Å². The van der Waals surface area contributed by atoms with E-state index in [0.717, 1.165) is 0 Å². The second kappa shape index (κ2) is 4.30. The lowest BCUT2D eigenvalue weighted by Gasteiger charge is -2.40. The average molecular weight is 287 g/mol. The number of rotatable bonds is 0. The van der Waals surface area contributed by atoms with E-state index in [-0.39, 0.29) is 17.4 Å². The van der Waals surface area contributed by atoms with E-state index >= 15 is 0 Å². The summed E-state index contributed by atoms with van der Waals surface area (Å²) in [6.45, 7) is 2.85. The van der Waals surface area contributed by atoms with E-state index in [2.05, 4.69) is 20.6 Å². The summed E-state index contributed by atoms with van der Waals surface area (Å²) in [6.07, 6.45) is -4.59. The van der Waals surface area contributed by atoms with Crippen molar-refractivity contribution in [3.05, 3.63) is 11.4 Å². The van der Waals surface area contributed by atoms with Crippen LogP contribution in [0.3, 0.4) is 0 Å². The number of fused-ring (bicyclic) bond motifs is 3. The normalized spacial score (nSPS) is 22.1. The number of anilines is 2. The van der Waals surface area contributed by atoms with Crippen LogP contribution in [0.2, 0.25) is 0 Å². The lowest BCUT2D eigenvalue weighted by Crippen LogP contribution is -2.59. The minimum Gasteiger partial charge on any atom is -0.339 e. The smallest absolute Gasteiger partial charge is 0.339 e. The molecule has 0 bridgehead atoms. The summed E-state index contributed by atoms with van der Waals surface area (Å²) < 4.78 is 38.4. The molecule has 0 aromatic carbocycles. The molecule has 1 amide bonds. The topological polar surface area (TPSA) is 70.1 Å². The number of aromatic nitrogens is 2. The van der Waals surface area contributed by atoms with E-state index in [4.69, 9.17) is 0 Å². The van der Waals surface area contributed by atoms with Gasteiger partial charge in [-0.2, -0.15) is 13.2 Å². The predicted molar refractivity (Wildman–Crippen MR) is 64.4 cm³/mol. The highest BCUT2D eigenvalue weighted by Gasteiger charge is 2.41. The molecule has 20 heavy (non-hydrogen) atoms. The van der Waals surface area contributed by atoms with Crippen molar-refractivity contribution in [2.45, 2.75) is 19.1 Å². The van der Waals surface area contributed by atoms with Crippen LogP contribution in [-0.2, 0) is 11.0 Å². The fourth-order valence-corrected chi connectivity index (χ4v) is 2.45. The Bertz CT molecular complexity index is 574. The van der Waals surface area contributed by atoms with Gasteiger partial charge in [0.15, 0.2) is 17.3 Å². The molecule has 0 radical (unpaired) electrons. The number of aryl methyl sites for hydroxylation is 1. The largest absolute Gasteiger partial charge is 0.435 e. The van der Waals surface area contributed by atoms with Gasteiger partial charge in [-0.3, -0.25) is 4.79 Å². The molecular formula is C11H12F3N5O. The summed E-state index contributed by atoms with van der Waals surface area (Å²) >= 11 is 0. The molecule has 2 N–H and O–H groups in total. The van der Waals surface area contributed by atoms with Gasteiger partial charge in [0.25, 0.3) is 0 Å². The van der Waals surface area contributed by atoms with Gasteiger partial charge in [-0.25, -0.2) is 9.97 Å². The van der Waals surface area contributed by atoms with Crippen molar-refractivity contribution in [3.63, 3.8) is 0 Å². The Kier molecular flexibility index (Phi) is 2.82. The summed E-state index contributed by atoms with van der Waals surface area (Å²) in [7, 11) is 0. The zero-order valence-electron chi connectivity index (χ0n) is 10.6. The average Bonchev–Trinajstić information content (AvgIpc) is 2.38. The van der Waals surface area contributed by atoms with Crippen LogP contribution >= 0.6 is 0 Å². The van der Waals surface area contributed by atoms with Gasteiger partial charge in [-0.15, -0.1) is 0 Å². The number of hydrogen-bond acceptors (Lipinski definition) is 5. The molecule has 0 spiro atoms. The van der Waals surface area contributed by atoms with E-state index < -0.39 is 17.9 Å². The molecule has 6 nitrogen and oxygen atoms in total. The third kappa shape index (κ3) is 1.98. The molecular weight excluding hydrogens is 275 g/mol. The fraction of sp³-hybridized carbons (Fsp3) is 0.545. The molecule has 1 unspecified atom stereocenters. The van der Waals surface area contributed by atoms with Crippen LogP contribution in [0, 0.1) is 6.92 Å². The van der Waals surface area contributed by atoms with E-state index in [1.54, 1.807) is 4.90 Å². The van der Waals surface area contributed by atoms with Gasteiger partial charge < -0.3 is 15.5 Å². The van der Waals surface area contributed by atoms with Crippen LogP contribution in [0.25, 0.3) is 0 Å². The van der Waals surface area contributed by atoms with Gasteiger partial charge in [0, 0.05) is 19.6 Å². The van der Waals surface area contributed by atoms with E-state index in [1.807, 2.05) is 0 Å². The number of carbonyl (C=O) groups excluding carboxylic acids is 1. The van der Waals surface area contributed by atoms with Gasteiger partial charge in [-0.05, 0) is 6.92 Å². The first-order valence-electron chi connectivity index (χ1n) is 6.12. The predicted octanol–water partition coefficient (Wildman–Crippen LogP) is 0.534. The van der Waals surface area contributed by atoms with Crippen molar-refractivity contribution in [2.24, 2.45) is 0 Å². The van der Waals surface area contributed by atoms with Gasteiger partial charge in [-0.1, -0.05) is 0 Å². The van der Waals surface area contributed by atoms with Crippen LogP contribution in [0.15, 0.2) is 0 Å². The fourth-order valence-electron chi connectivity index (χ4n) is 2.45. The summed E-state index contributed by atoms with van der Waals surface area (Å²) in [5.41, 5.74) is -1.25. The molecule has 3 rings (SSSR count). The molecule has 2 aliphatic rings. The maximum Gasteiger partial charge on any atom is 0.435 e. The zero-order valence-corrected chi connectivity index (χ0v) is 10.6. The summed E-state index contributed by atoms with van der Waals surface area (Å²) in [5, 5.41) is 5.47. The number of hydrogen-bond donors (Lipinski definition) is 2. The van der Waals surface area contributed by atoms with Crippen molar-refractivity contribution >= 4 is 17.5 Å². The molecule has 1 saturated heterocycles. The molecule has 1 aromatic heterocycles. The second-order valence-corrected chi connectivity index (χ2v) is 4.73. The Hall–Kier alpha value is -1.90. The van der Waals surface area contributed by atoms with Gasteiger partial charge in [0.1, 0.15) is 6.04 Å². The summed E-state index contributed by atoms with van der Waals surface area (Å²) in [4.78, 5) is 21.1. The minimum atomic E-state index is -4.59. The minimum absolute atomic E-state index is 0.119. The molecule has 9 heteroatoms. The lowest BCUT2D eigenvalue weighted by molar-refractivity contribution is -0.142. The maximum absolute atomic E-state index is 12.8. The van der Waals surface area contributed by atoms with Crippen LogP contribution in [0.4, 0.5) is 24.8 Å². The number of amides is 1. The molecule has 0 aliphatic carbocycles. The van der Waals surface area contributed by atoms with Crippen LogP contribution in [0.1, 0.15) is 11.4 Å². The van der Waals surface area contributed by atoms with E-state index in [1.165, 1.54) is 6.92 Å². The number of alkyl halides is 3. The van der Waals surface area contributed by atoms with Crippen molar-refractivity contribution in [2.75, 3.05) is 29.9 Å². The van der Waals surface area contributed by atoms with Crippen LogP contribution in [0.5, 0.6) is 0 Å². The molecule has 1 atom stereocenters. The van der Waals surface area contributed by atoms with Gasteiger partial charge in [0.2, 0.25) is 5.91 Å². The van der Waals surface area contributed by atoms with Gasteiger partial charge >= 0.3 is 6.18 Å². The Morgan fingerprint density at radius 2 is 2.10 bits per heavy atom. The number of piperazine rings is 1. The van der Waals surface area contributed by atoms with E-state index in [0.29, 0.717) is 25.5 Å². The molecule has 1 aromatic rings.